The Hall–Kier alpha value is -0.310. The summed E-state index contributed by atoms with van der Waals surface area (Å²) in [5.41, 5.74) is 2.29. The molecule has 0 heterocycles. The molecule has 0 saturated heterocycles. The summed E-state index contributed by atoms with van der Waals surface area (Å²) in [6.07, 6.45) is 2.33. The molecule has 0 bridgehead atoms. The third-order valence-electron chi connectivity index (χ3n) is 2.22. The van der Waals surface area contributed by atoms with Gasteiger partial charge in [-0.15, -0.1) is 0 Å². The first-order valence-electron chi connectivity index (χ1n) is 6.23. The molecule has 0 fully saturated rings. The van der Waals surface area contributed by atoms with Crippen molar-refractivity contribution in [1.29, 1.82) is 0 Å². The van der Waals surface area contributed by atoms with Gasteiger partial charge in [-0.2, -0.15) is 11.8 Å². The lowest BCUT2D eigenvalue weighted by Crippen LogP contribution is -2.47. The van der Waals surface area contributed by atoms with Gasteiger partial charge in [-0.25, -0.2) is 18.6 Å². The van der Waals surface area contributed by atoms with Crippen LogP contribution in [0.5, 0.6) is 0 Å². The van der Waals surface area contributed by atoms with Crippen molar-refractivity contribution in [1.82, 2.24) is 10.2 Å². The Kier molecular flexibility index (Phi) is 9.42. The summed E-state index contributed by atoms with van der Waals surface area (Å²) in [5, 5.41) is 0. The molecule has 0 spiro atoms. The normalized spacial score (nSPS) is 13.5. The van der Waals surface area contributed by atoms with Gasteiger partial charge in [0, 0.05) is 0 Å². The molecule has 0 rings (SSSR count). The van der Waals surface area contributed by atoms with Gasteiger partial charge in [-0.05, 0) is 31.3 Å². The summed E-state index contributed by atoms with van der Waals surface area (Å²) < 4.78 is 25.4. The summed E-state index contributed by atoms with van der Waals surface area (Å²) in [6, 6.07) is -0.787. The summed E-state index contributed by atoms with van der Waals surface area (Å²) in [7, 11) is -3.41. The molecular weight excluding hydrogens is 288 g/mol. The highest BCUT2D eigenvalue weighted by molar-refractivity contribution is 7.98. The Morgan fingerprint density at radius 1 is 1.37 bits per heavy atom. The van der Waals surface area contributed by atoms with Crippen LogP contribution in [0.2, 0.25) is 0 Å². The maximum atomic E-state index is 11.9. The van der Waals surface area contributed by atoms with Gasteiger partial charge in [0.25, 0.3) is 5.91 Å². The third-order valence-corrected chi connectivity index (χ3v) is 4.27. The molecule has 1 unspecified atom stereocenters. The second-order valence-electron chi connectivity index (χ2n) is 4.53. The first-order valence-corrected chi connectivity index (χ1v) is 9.27. The van der Waals surface area contributed by atoms with Gasteiger partial charge in [0.05, 0.1) is 12.4 Å². The summed E-state index contributed by atoms with van der Waals surface area (Å²) in [4.78, 5) is 16.9. The van der Waals surface area contributed by atoms with Crippen molar-refractivity contribution < 1.29 is 18.0 Å². The molecule has 0 aliphatic carbocycles. The zero-order valence-corrected chi connectivity index (χ0v) is 13.6. The lowest BCUT2D eigenvalue weighted by Gasteiger charge is -2.17. The highest BCUT2D eigenvalue weighted by Crippen LogP contribution is 2.03. The maximum Gasteiger partial charge on any atom is 0.261 e. The molecule has 0 aliphatic rings. The van der Waals surface area contributed by atoms with Gasteiger partial charge in [-0.3, -0.25) is 9.63 Å². The van der Waals surface area contributed by atoms with Crippen LogP contribution in [0.15, 0.2) is 0 Å². The molecule has 0 aromatic rings. The zero-order valence-electron chi connectivity index (χ0n) is 11.9. The Balaban J connectivity index is 4.43. The van der Waals surface area contributed by atoms with E-state index in [2.05, 4.69) is 10.2 Å². The smallest absolute Gasteiger partial charge is 0.261 e. The third kappa shape index (κ3) is 9.26. The van der Waals surface area contributed by atoms with Crippen molar-refractivity contribution in [3.8, 4) is 0 Å². The van der Waals surface area contributed by atoms with E-state index in [0.29, 0.717) is 18.8 Å². The van der Waals surface area contributed by atoms with Crippen LogP contribution in [-0.4, -0.2) is 44.7 Å². The quantitative estimate of drug-likeness (QED) is 0.582. The molecule has 2 N–H and O–H groups in total. The Morgan fingerprint density at radius 2 is 2.00 bits per heavy atom. The fourth-order valence-electron chi connectivity index (χ4n) is 1.13. The van der Waals surface area contributed by atoms with Crippen molar-refractivity contribution in [3.05, 3.63) is 0 Å². The van der Waals surface area contributed by atoms with Crippen LogP contribution in [0.1, 0.15) is 27.2 Å². The number of thioether (sulfide) groups is 1. The van der Waals surface area contributed by atoms with Crippen LogP contribution in [0, 0.1) is 5.92 Å². The van der Waals surface area contributed by atoms with Gasteiger partial charge in [-0.1, -0.05) is 13.8 Å². The first-order chi connectivity index (χ1) is 8.82. The predicted molar refractivity (Wildman–Crippen MR) is 78.3 cm³/mol. The first kappa shape index (κ1) is 18.7. The van der Waals surface area contributed by atoms with Gasteiger partial charge in [0.15, 0.2) is 0 Å². The highest BCUT2D eigenvalue weighted by atomic mass is 32.2. The number of rotatable bonds is 10. The van der Waals surface area contributed by atoms with Gasteiger partial charge in [0.1, 0.15) is 6.04 Å². The Bertz CT molecular complexity index is 358. The predicted octanol–water partition coefficient (Wildman–Crippen LogP) is 0.751. The zero-order chi connectivity index (χ0) is 14.9. The average Bonchev–Trinajstić information content (AvgIpc) is 2.33. The Morgan fingerprint density at radius 3 is 2.47 bits per heavy atom. The van der Waals surface area contributed by atoms with Gasteiger partial charge < -0.3 is 0 Å². The van der Waals surface area contributed by atoms with E-state index in [9.17, 15) is 13.2 Å². The van der Waals surface area contributed by atoms with E-state index in [0.717, 1.165) is 0 Å². The van der Waals surface area contributed by atoms with Crippen molar-refractivity contribution in [2.24, 2.45) is 5.92 Å². The topological polar surface area (TPSA) is 84.5 Å². The fourth-order valence-corrected chi connectivity index (χ4v) is 2.43. The molecule has 114 valence electrons. The molecule has 6 nitrogen and oxygen atoms in total. The number of hydroxylamine groups is 1. The molecule has 0 aromatic heterocycles. The lowest BCUT2D eigenvalue weighted by atomic mass is 10.2. The minimum absolute atomic E-state index is 0.0527. The van der Waals surface area contributed by atoms with Crippen LogP contribution >= 0.6 is 11.8 Å². The molecule has 1 amide bonds. The minimum Gasteiger partial charge on any atom is -0.273 e. The average molecular weight is 312 g/mol. The summed E-state index contributed by atoms with van der Waals surface area (Å²) in [5.74, 6) is 0.473. The van der Waals surface area contributed by atoms with E-state index in [4.69, 9.17) is 4.84 Å². The Labute approximate surface area is 120 Å². The molecule has 0 aliphatic heterocycles. The van der Waals surface area contributed by atoms with E-state index in [1.165, 1.54) is 6.92 Å². The van der Waals surface area contributed by atoms with E-state index in [1.807, 2.05) is 20.1 Å². The SMILES string of the molecule is CCS(=O)(=O)NC(CCSC)C(=O)NOCC(C)C. The van der Waals surface area contributed by atoms with Crippen LogP contribution in [0.3, 0.4) is 0 Å². The van der Waals surface area contributed by atoms with E-state index in [1.54, 1.807) is 11.8 Å². The van der Waals surface area contributed by atoms with Gasteiger partial charge in [0.2, 0.25) is 10.0 Å². The van der Waals surface area contributed by atoms with Gasteiger partial charge >= 0.3 is 0 Å². The number of hydrogen-bond donors (Lipinski definition) is 2. The molecule has 8 heteroatoms. The minimum atomic E-state index is -3.41. The van der Waals surface area contributed by atoms with Crippen LogP contribution in [-0.2, 0) is 19.7 Å². The summed E-state index contributed by atoms with van der Waals surface area (Å²) in [6.45, 7) is 5.83. The number of carbonyl (C=O) groups excluding carboxylic acids is 1. The lowest BCUT2D eigenvalue weighted by molar-refractivity contribution is -0.136. The monoisotopic (exact) mass is 312 g/mol. The fraction of sp³-hybridized carbons (Fsp3) is 0.909. The van der Waals surface area contributed by atoms with E-state index < -0.39 is 22.0 Å². The molecular formula is C11H24N2O4S2. The molecule has 0 saturated carbocycles. The molecule has 0 radical (unpaired) electrons. The van der Waals surface area contributed by atoms with Crippen molar-refractivity contribution in [2.45, 2.75) is 33.2 Å². The molecule has 1 atom stereocenters. The molecule has 19 heavy (non-hydrogen) atoms. The standard InChI is InChI=1S/C11H24N2O4S2/c1-5-19(15,16)13-10(6-7-18-4)11(14)12-17-8-9(2)3/h9-10,13H,5-8H2,1-4H3,(H,12,14). The number of nitrogens with one attached hydrogen (secondary N) is 2. The second-order valence-corrected chi connectivity index (χ2v) is 7.55. The highest BCUT2D eigenvalue weighted by Gasteiger charge is 2.23. The number of hydrogen-bond acceptors (Lipinski definition) is 5. The van der Waals surface area contributed by atoms with Crippen LogP contribution in [0.25, 0.3) is 0 Å². The van der Waals surface area contributed by atoms with Crippen molar-refractivity contribution in [3.63, 3.8) is 0 Å². The molecule has 0 aromatic carbocycles. The largest absolute Gasteiger partial charge is 0.273 e. The van der Waals surface area contributed by atoms with Crippen LogP contribution in [0.4, 0.5) is 0 Å². The number of carbonyl (C=O) groups is 1. The van der Waals surface area contributed by atoms with Crippen LogP contribution < -0.4 is 10.2 Å². The van der Waals surface area contributed by atoms with Crippen molar-refractivity contribution in [2.75, 3.05) is 24.4 Å². The van der Waals surface area contributed by atoms with Crippen molar-refractivity contribution >= 4 is 27.7 Å². The second kappa shape index (κ2) is 9.57. The van der Waals surface area contributed by atoms with E-state index >= 15 is 0 Å². The summed E-state index contributed by atoms with van der Waals surface area (Å²) >= 11 is 1.55. The van der Waals surface area contributed by atoms with E-state index in [-0.39, 0.29) is 11.7 Å². The number of amides is 1. The number of sulfonamides is 1. The maximum absolute atomic E-state index is 11.9.